The van der Waals surface area contributed by atoms with E-state index in [0.29, 0.717) is 18.1 Å². The van der Waals surface area contributed by atoms with Crippen LogP contribution in [-0.2, 0) is 16.1 Å². The highest BCUT2D eigenvalue weighted by atomic mass is 32.1. The van der Waals surface area contributed by atoms with E-state index in [4.69, 9.17) is 4.74 Å². The monoisotopic (exact) mass is 421 g/mol. The quantitative estimate of drug-likeness (QED) is 0.639. The van der Waals surface area contributed by atoms with E-state index in [0.717, 1.165) is 23.2 Å². The fraction of sp³-hybridized carbons (Fsp3) is 0.261. The topological polar surface area (TPSA) is 71.5 Å². The highest BCUT2D eigenvalue weighted by Crippen LogP contribution is 2.26. The van der Waals surface area contributed by atoms with Crippen LogP contribution in [-0.4, -0.2) is 34.5 Å². The van der Waals surface area contributed by atoms with Crippen LogP contribution >= 0.6 is 11.3 Å². The highest BCUT2D eigenvalue weighted by Gasteiger charge is 2.35. The number of thiazole rings is 1. The van der Waals surface area contributed by atoms with E-state index in [1.165, 1.54) is 21.8 Å². The van der Waals surface area contributed by atoms with Gasteiger partial charge in [-0.15, -0.1) is 11.3 Å². The van der Waals surface area contributed by atoms with Crippen molar-refractivity contribution in [1.82, 2.24) is 9.88 Å². The van der Waals surface area contributed by atoms with E-state index in [2.05, 4.69) is 10.3 Å². The van der Waals surface area contributed by atoms with E-state index >= 15 is 0 Å². The molecule has 154 valence electrons. The minimum Gasteiger partial charge on any atom is -0.445 e. The van der Waals surface area contributed by atoms with Crippen LogP contribution in [0.5, 0.6) is 0 Å². The molecule has 30 heavy (non-hydrogen) atoms. The van der Waals surface area contributed by atoms with Gasteiger partial charge in [-0.05, 0) is 25.3 Å². The first-order valence-corrected chi connectivity index (χ1v) is 10.8. The molecule has 1 fully saturated rings. The number of benzene rings is 2. The minimum absolute atomic E-state index is 0.191. The lowest BCUT2D eigenvalue weighted by Crippen LogP contribution is -2.43. The second kappa shape index (κ2) is 9.09. The largest absolute Gasteiger partial charge is 0.445 e. The third kappa shape index (κ3) is 4.68. The number of aryl methyl sites for hydroxylation is 1. The molecule has 1 aliphatic rings. The van der Waals surface area contributed by atoms with Gasteiger partial charge in [-0.25, -0.2) is 9.78 Å². The number of rotatable bonds is 5. The zero-order valence-electron chi connectivity index (χ0n) is 16.7. The van der Waals surface area contributed by atoms with Crippen molar-refractivity contribution in [1.29, 1.82) is 0 Å². The zero-order valence-corrected chi connectivity index (χ0v) is 17.5. The van der Waals surface area contributed by atoms with Gasteiger partial charge >= 0.3 is 6.09 Å². The molecule has 0 radical (unpaired) electrons. The lowest BCUT2D eigenvalue weighted by Gasteiger charge is -2.22. The Morgan fingerprint density at radius 2 is 1.93 bits per heavy atom. The predicted molar refractivity (Wildman–Crippen MR) is 117 cm³/mol. The van der Waals surface area contributed by atoms with Crippen LogP contribution < -0.4 is 5.32 Å². The van der Waals surface area contributed by atoms with Crippen LogP contribution in [0, 0.1) is 6.92 Å². The van der Waals surface area contributed by atoms with Crippen LogP contribution in [0.2, 0.25) is 0 Å². The Morgan fingerprint density at radius 1 is 1.17 bits per heavy atom. The summed E-state index contributed by atoms with van der Waals surface area (Å²) < 4.78 is 5.41. The lowest BCUT2D eigenvalue weighted by atomic mass is 10.1. The number of likely N-dealkylation sites (tertiary alicyclic amines) is 1. The van der Waals surface area contributed by atoms with E-state index in [1.807, 2.05) is 66.9 Å². The molecule has 4 rings (SSSR count). The number of anilines is 1. The first kappa shape index (κ1) is 20.1. The summed E-state index contributed by atoms with van der Waals surface area (Å²) in [7, 11) is 0. The summed E-state index contributed by atoms with van der Waals surface area (Å²) in [6.45, 7) is 2.74. The standard InChI is InChI=1S/C23H23N3O3S/c1-16-9-11-18(12-10-16)19-15-30-22(24-19)25-21(27)20-8-5-13-26(20)23(28)29-14-17-6-3-2-4-7-17/h2-4,6-7,9-12,15,20H,5,8,13-14H2,1H3,(H,24,25,27). The van der Waals surface area contributed by atoms with Crippen molar-refractivity contribution in [2.75, 3.05) is 11.9 Å². The molecule has 7 heteroatoms. The number of carbonyl (C=O) groups is 2. The molecule has 1 aliphatic heterocycles. The summed E-state index contributed by atoms with van der Waals surface area (Å²) in [6.07, 6.45) is 0.920. The van der Waals surface area contributed by atoms with Crippen molar-refractivity contribution in [3.63, 3.8) is 0 Å². The molecule has 1 N–H and O–H groups in total. The Balaban J connectivity index is 1.36. The minimum atomic E-state index is -0.542. The molecule has 2 aromatic carbocycles. The number of nitrogens with zero attached hydrogens (tertiary/aromatic N) is 2. The van der Waals surface area contributed by atoms with Gasteiger partial charge < -0.3 is 10.1 Å². The number of amides is 2. The average Bonchev–Trinajstić information content (AvgIpc) is 3.43. The maximum Gasteiger partial charge on any atom is 0.410 e. The van der Waals surface area contributed by atoms with Gasteiger partial charge in [0.05, 0.1) is 5.69 Å². The molecule has 0 bridgehead atoms. The molecule has 3 aromatic rings. The van der Waals surface area contributed by atoms with Crippen LogP contribution in [0.3, 0.4) is 0 Å². The molecule has 0 aliphatic carbocycles. The zero-order chi connectivity index (χ0) is 20.9. The Hall–Kier alpha value is -3.19. The van der Waals surface area contributed by atoms with Gasteiger partial charge in [0.25, 0.3) is 0 Å². The van der Waals surface area contributed by atoms with Crippen molar-refractivity contribution >= 4 is 28.5 Å². The second-order valence-corrected chi connectivity index (χ2v) is 8.14. The fourth-order valence-corrected chi connectivity index (χ4v) is 4.16. The third-order valence-corrected chi connectivity index (χ3v) is 5.83. The molecule has 1 unspecified atom stereocenters. The van der Waals surface area contributed by atoms with Gasteiger partial charge in [-0.2, -0.15) is 0 Å². The SMILES string of the molecule is Cc1ccc(-c2csc(NC(=O)C3CCCN3C(=O)OCc3ccccc3)n2)cc1. The molecule has 1 atom stereocenters. The molecule has 2 heterocycles. The summed E-state index contributed by atoms with van der Waals surface area (Å²) >= 11 is 1.38. The molecule has 0 saturated carbocycles. The van der Waals surface area contributed by atoms with Gasteiger partial charge in [-0.3, -0.25) is 9.69 Å². The number of ether oxygens (including phenoxy) is 1. The maximum absolute atomic E-state index is 12.8. The van der Waals surface area contributed by atoms with Gasteiger partial charge in [0, 0.05) is 17.5 Å². The fourth-order valence-electron chi connectivity index (χ4n) is 3.44. The van der Waals surface area contributed by atoms with Crippen molar-refractivity contribution < 1.29 is 14.3 Å². The van der Waals surface area contributed by atoms with Gasteiger partial charge in [0.2, 0.25) is 5.91 Å². The summed E-state index contributed by atoms with van der Waals surface area (Å²) in [4.78, 5) is 31.3. The second-order valence-electron chi connectivity index (χ2n) is 7.28. The number of hydrogen-bond donors (Lipinski definition) is 1. The Bertz CT molecular complexity index is 1020. The van der Waals surface area contributed by atoms with Crippen molar-refractivity contribution in [2.24, 2.45) is 0 Å². The first-order chi connectivity index (χ1) is 14.6. The molecule has 6 nitrogen and oxygen atoms in total. The third-order valence-electron chi connectivity index (χ3n) is 5.08. The van der Waals surface area contributed by atoms with E-state index in [1.54, 1.807) is 0 Å². The van der Waals surface area contributed by atoms with E-state index < -0.39 is 12.1 Å². The van der Waals surface area contributed by atoms with Gasteiger partial charge in [0.15, 0.2) is 5.13 Å². The number of nitrogens with one attached hydrogen (secondary N) is 1. The highest BCUT2D eigenvalue weighted by molar-refractivity contribution is 7.14. The Kier molecular flexibility index (Phi) is 6.09. The van der Waals surface area contributed by atoms with Gasteiger partial charge in [-0.1, -0.05) is 60.2 Å². The molecule has 1 aromatic heterocycles. The lowest BCUT2D eigenvalue weighted by molar-refractivity contribution is -0.120. The Labute approximate surface area is 179 Å². The summed E-state index contributed by atoms with van der Waals surface area (Å²) in [5.74, 6) is -0.228. The number of hydrogen-bond acceptors (Lipinski definition) is 5. The molecule has 1 saturated heterocycles. The number of aromatic nitrogens is 1. The van der Waals surface area contributed by atoms with Crippen LogP contribution in [0.1, 0.15) is 24.0 Å². The van der Waals surface area contributed by atoms with Crippen molar-refractivity contribution in [2.45, 2.75) is 32.4 Å². The van der Waals surface area contributed by atoms with Crippen LogP contribution in [0.25, 0.3) is 11.3 Å². The molecule has 0 spiro atoms. The molecular formula is C23H23N3O3S. The van der Waals surface area contributed by atoms with Gasteiger partial charge in [0.1, 0.15) is 12.6 Å². The Morgan fingerprint density at radius 3 is 2.70 bits per heavy atom. The average molecular weight is 422 g/mol. The van der Waals surface area contributed by atoms with Crippen LogP contribution in [0.15, 0.2) is 60.0 Å². The van der Waals surface area contributed by atoms with Crippen molar-refractivity contribution in [3.8, 4) is 11.3 Å². The molecule has 2 amide bonds. The number of carbonyl (C=O) groups excluding carboxylic acids is 2. The maximum atomic E-state index is 12.8. The van der Waals surface area contributed by atoms with E-state index in [9.17, 15) is 9.59 Å². The van der Waals surface area contributed by atoms with Crippen molar-refractivity contribution in [3.05, 3.63) is 71.1 Å². The predicted octanol–water partition coefficient (Wildman–Crippen LogP) is 4.86. The molecular weight excluding hydrogens is 398 g/mol. The summed E-state index contributed by atoms with van der Waals surface area (Å²) in [6, 6.07) is 17.0. The summed E-state index contributed by atoms with van der Waals surface area (Å²) in [5.41, 5.74) is 3.92. The normalized spacial score (nSPS) is 15.8. The summed E-state index contributed by atoms with van der Waals surface area (Å²) in [5, 5.41) is 5.31. The smallest absolute Gasteiger partial charge is 0.410 e. The first-order valence-electron chi connectivity index (χ1n) is 9.91. The van der Waals surface area contributed by atoms with Crippen LogP contribution in [0.4, 0.5) is 9.93 Å². The van der Waals surface area contributed by atoms with E-state index in [-0.39, 0.29) is 12.5 Å².